The summed E-state index contributed by atoms with van der Waals surface area (Å²) < 4.78 is 0. The average Bonchev–Trinajstić information content (AvgIpc) is 2.35. The molecule has 1 heteroatoms. The smallest absolute Gasteiger partial charge is 0.0852 e. The van der Waals surface area contributed by atoms with Gasteiger partial charge in [0.1, 0.15) is 0 Å². The van der Waals surface area contributed by atoms with Gasteiger partial charge in [0.05, 0.1) is 6.10 Å². The maximum Gasteiger partial charge on any atom is 0.0852 e. The van der Waals surface area contributed by atoms with Crippen LogP contribution in [0.2, 0.25) is 0 Å². The highest BCUT2D eigenvalue weighted by Gasteiger charge is 2.16. The second-order valence-corrected chi connectivity index (χ2v) is 4.25. The summed E-state index contributed by atoms with van der Waals surface area (Å²) in [5.41, 5.74) is 0.990. The van der Waals surface area contributed by atoms with Crippen LogP contribution in [0.1, 0.15) is 44.3 Å². The van der Waals surface area contributed by atoms with Gasteiger partial charge < -0.3 is 5.11 Å². The van der Waals surface area contributed by atoms with Gasteiger partial charge in [0.25, 0.3) is 0 Å². The zero-order valence-corrected chi connectivity index (χ0v) is 10.1. The van der Waals surface area contributed by atoms with Crippen LogP contribution in [0.4, 0.5) is 0 Å². The van der Waals surface area contributed by atoms with Gasteiger partial charge >= 0.3 is 0 Å². The third-order valence-electron chi connectivity index (χ3n) is 2.99. The van der Waals surface area contributed by atoms with Gasteiger partial charge in [-0.3, -0.25) is 0 Å². The Kier molecular flexibility index (Phi) is 5.87. The zero-order valence-electron chi connectivity index (χ0n) is 10.1. The molecule has 0 aromatic heterocycles. The van der Waals surface area contributed by atoms with E-state index in [1.807, 2.05) is 36.4 Å². The molecule has 1 N–H and O–H groups in total. The number of benzene rings is 1. The number of aliphatic hydroxyl groups excluding tert-OH is 1. The molecule has 88 valence electrons. The lowest BCUT2D eigenvalue weighted by molar-refractivity contribution is 0.125. The number of unbranched alkanes of at least 4 members (excludes halogenated alkanes) is 2. The lowest BCUT2D eigenvalue weighted by Crippen LogP contribution is -2.10. The first-order chi connectivity index (χ1) is 7.79. The van der Waals surface area contributed by atoms with Gasteiger partial charge in [-0.25, -0.2) is 0 Å². The monoisotopic (exact) mass is 218 g/mol. The Balaban J connectivity index is 2.55. The van der Waals surface area contributed by atoms with E-state index in [2.05, 4.69) is 13.5 Å². The van der Waals surface area contributed by atoms with Crippen molar-refractivity contribution in [1.29, 1.82) is 0 Å². The van der Waals surface area contributed by atoms with Crippen molar-refractivity contribution in [2.75, 3.05) is 0 Å². The second kappa shape index (κ2) is 7.24. The summed E-state index contributed by atoms with van der Waals surface area (Å²) in [6.07, 6.45) is 6.10. The fraction of sp³-hybridized carbons (Fsp3) is 0.467. The fourth-order valence-electron chi connectivity index (χ4n) is 1.93. The summed E-state index contributed by atoms with van der Waals surface area (Å²) in [6.45, 7) is 6.02. The Morgan fingerprint density at radius 1 is 1.25 bits per heavy atom. The van der Waals surface area contributed by atoms with Crippen molar-refractivity contribution < 1.29 is 5.11 Å². The van der Waals surface area contributed by atoms with Crippen LogP contribution in [0.15, 0.2) is 43.0 Å². The Morgan fingerprint density at radius 3 is 2.50 bits per heavy atom. The quantitative estimate of drug-likeness (QED) is 0.539. The van der Waals surface area contributed by atoms with E-state index in [-0.39, 0.29) is 5.92 Å². The average molecular weight is 218 g/mol. The summed E-state index contributed by atoms with van der Waals surface area (Å²) in [6, 6.07) is 9.84. The standard InChI is InChI=1S/C15H22O/c1-3-5-7-10-13(4-2)15(16)14-11-8-6-9-12-14/h4,6,8-9,11-13,15-16H,2-3,5,7,10H2,1H3/t13?,15-/m1/s1. The lowest BCUT2D eigenvalue weighted by Gasteiger charge is -2.19. The predicted octanol–water partition coefficient (Wildman–Crippen LogP) is 4.10. The van der Waals surface area contributed by atoms with Gasteiger partial charge in [0.2, 0.25) is 0 Å². The highest BCUT2D eigenvalue weighted by molar-refractivity contribution is 5.19. The third kappa shape index (κ3) is 3.82. The van der Waals surface area contributed by atoms with Gasteiger partial charge in [0.15, 0.2) is 0 Å². The first-order valence-corrected chi connectivity index (χ1v) is 6.15. The van der Waals surface area contributed by atoms with E-state index < -0.39 is 6.10 Å². The van der Waals surface area contributed by atoms with Crippen LogP contribution in [0.3, 0.4) is 0 Å². The molecule has 1 aromatic rings. The van der Waals surface area contributed by atoms with Crippen molar-refractivity contribution in [3.8, 4) is 0 Å². The van der Waals surface area contributed by atoms with E-state index in [0.717, 1.165) is 18.4 Å². The molecule has 2 atom stereocenters. The van der Waals surface area contributed by atoms with Crippen molar-refractivity contribution in [2.45, 2.75) is 38.7 Å². The van der Waals surface area contributed by atoms with E-state index in [0.29, 0.717) is 0 Å². The molecule has 0 radical (unpaired) electrons. The highest BCUT2D eigenvalue weighted by Crippen LogP contribution is 2.27. The Bertz CT molecular complexity index is 292. The van der Waals surface area contributed by atoms with Crippen LogP contribution in [0.25, 0.3) is 0 Å². The van der Waals surface area contributed by atoms with Crippen LogP contribution in [0.5, 0.6) is 0 Å². The topological polar surface area (TPSA) is 20.2 Å². The number of hydrogen-bond donors (Lipinski definition) is 1. The molecule has 0 saturated carbocycles. The molecule has 1 aromatic carbocycles. The minimum absolute atomic E-state index is 0.175. The number of hydrogen-bond acceptors (Lipinski definition) is 1. The molecule has 1 nitrogen and oxygen atoms in total. The van der Waals surface area contributed by atoms with Crippen molar-refractivity contribution in [3.63, 3.8) is 0 Å². The summed E-state index contributed by atoms with van der Waals surface area (Å²) in [7, 11) is 0. The Labute approximate surface area is 98.8 Å². The van der Waals surface area contributed by atoms with Gasteiger partial charge in [-0.15, -0.1) is 6.58 Å². The van der Waals surface area contributed by atoms with Gasteiger partial charge in [0, 0.05) is 5.92 Å². The molecule has 16 heavy (non-hydrogen) atoms. The van der Waals surface area contributed by atoms with Crippen molar-refractivity contribution in [1.82, 2.24) is 0 Å². The van der Waals surface area contributed by atoms with Crippen molar-refractivity contribution >= 4 is 0 Å². The SMILES string of the molecule is C=CC(CCCCC)[C@@H](O)c1ccccc1. The molecule has 0 aliphatic carbocycles. The minimum atomic E-state index is -0.407. The van der Waals surface area contributed by atoms with Gasteiger partial charge in [-0.05, 0) is 12.0 Å². The number of aliphatic hydroxyl groups is 1. The zero-order chi connectivity index (χ0) is 11.8. The molecule has 0 aliphatic heterocycles. The van der Waals surface area contributed by atoms with E-state index >= 15 is 0 Å². The summed E-state index contributed by atoms with van der Waals surface area (Å²) in [5, 5.41) is 10.2. The van der Waals surface area contributed by atoms with Crippen molar-refractivity contribution in [2.24, 2.45) is 5.92 Å². The van der Waals surface area contributed by atoms with Crippen LogP contribution in [-0.4, -0.2) is 5.11 Å². The third-order valence-corrected chi connectivity index (χ3v) is 2.99. The largest absolute Gasteiger partial charge is 0.388 e. The van der Waals surface area contributed by atoms with E-state index in [9.17, 15) is 5.11 Å². The molecule has 0 fully saturated rings. The predicted molar refractivity (Wildman–Crippen MR) is 69.2 cm³/mol. The molecule has 0 spiro atoms. The Hall–Kier alpha value is -1.08. The first-order valence-electron chi connectivity index (χ1n) is 6.15. The maximum atomic E-state index is 10.2. The minimum Gasteiger partial charge on any atom is -0.388 e. The van der Waals surface area contributed by atoms with E-state index in [1.165, 1.54) is 12.8 Å². The van der Waals surface area contributed by atoms with Crippen LogP contribution in [0, 0.1) is 5.92 Å². The van der Waals surface area contributed by atoms with Crippen LogP contribution < -0.4 is 0 Å². The molecule has 0 heterocycles. The second-order valence-electron chi connectivity index (χ2n) is 4.25. The fourth-order valence-corrected chi connectivity index (χ4v) is 1.93. The first kappa shape index (κ1) is 13.0. The molecule has 0 saturated heterocycles. The van der Waals surface area contributed by atoms with E-state index in [1.54, 1.807) is 0 Å². The Morgan fingerprint density at radius 2 is 1.94 bits per heavy atom. The lowest BCUT2D eigenvalue weighted by atomic mass is 9.91. The molecule has 0 bridgehead atoms. The summed E-state index contributed by atoms with van der Waals surface area (Å²) in [4.78, 5) is 0. The van der Waals surface area contributed by atoms with Crippen molar-refractivity contribution in [3.05, 3.63) is 48.6 Å². The molecular formula is C15H22O. The van der Waals surface area contributed by atoms with Crippen LogP contribution >= 0.6 is 0 Å². The molecule has 1 rings (SSSR count). The number of rotatable bonds is 7. The molecular weight excluding hydrogens is 196 g/mol. The normalized spacial score (nSPS) is 14.4. The molecule has 0 amide bonds. The summed E-state index contributed by atoms with van der Waals surface area (Å²) in [5.74, 6) is 0.175. The maximum absolute atomic E-state index is 10.2. The van der Waals surface area contributed by atoms with Gasteiger partial charge in [-0.2, -0.15) is 0 Å². The molecule has 0 aliphatic rings. The van der Waals surface area contributed by atoms with E-state index in [4.69, 9.17) is 0 Å². The molecule has 1 unspecified atom stereocenters. The highest BCUT2D eigenvalue weighted by atomic mass is 16.3. The van der Waals surface area contributed by atoms with Crippen LogP contribution in [-0.2, 0) is 0 Å². The van der Waals surface area contributed by atoms with Gasteiger partial charge in [-0.1, -0.05) is 62.6 Å². The summed E-state index contributed by atoms with van der Waals surface area (Å²) >= 11 is 0.